The summed E-state index contributed by atoms with van der Waals surface area (Å²) in [6, 6.07) is 11.6. The molecule has 1 unspecified atom stereocenters. The number of anilines is 1. The molecule has 2 aromatic carbocycles. The van der Waals surface area contributed by atoms with Crippen LogP contribution in [-0.2, 0) is 23.3 Å². The van der Waals surface area contributed by atoms with Crippen LogP contribution in [0.3, 0.4) is 0 Å². The Balaban J connectivity index is 2.35. The summed E-state index contributed by atoms with van der Waals surface area (Å²) < 4.78 is 46.9. The number of nitrogens with zero attached hydrogens (tertiary/aromatic N) is 1. The Morgan fingerprint density at radius 3 is 2.17 bits per heavy atom. The molecule has 0 saturated heterocycles. The summed E-state index contributed by atoms with van der Waals surface area (Å²) in [6.07, 6.45) is 0.0288. The largest absolute Gasteiger partial charge is 0.502 e. The van der Waals surface area contributed by atoms with E-state index >= 15 is 0 Å². The Kier molecular flexibility index (Phi) is 8.83. The van der Waals surface area contributed by atoms with E-state index in [1.54, 1.807) is 19.1 Å². The molecule has 0 saturated carbocycles. The quantitative estimate of drug-likeness (QED) is 0.386. The number of nitrogens with one attached hydrogen (secondary N) is 1. The van der Waals surface area contributed by atoms with Crippen molar-refractivity contribution in [2.45, 2.75) is 51.3 Å². The highest BCUT2D eigenvalue weighted by Gasteiger charge is 2.42. The van der Waals surface area contributed by atoms with Crippen molar-refractivity contribution in [3.05, 3.63) is 36.4 Å². The molecule has 0 aliphatic carbocycles. The second kappa shape index (κ2) is 10.7. The lowest BCUT2D eigenvalue weighted by Gasteiger charge is -2.31. The van der Waals surface area contributed by atoms with Gasteiger partial charge in [-0.2, -0.15) is 4.72 Å². The summed E-state index contributed by atoms with van der Waals surface area (Å²) in [5, 5.41) is 1.53. The first-order valence-corrected chi connectivity index (χ1v) is 13.8. The van der Waals surface area contributed by atoms with Crippen molar-refractivity contribution in [1.29, 1.82) is 0 Å². The standard InChI is InChI=1S/C21H34N2O5SSi/c1-7-16-30(26-8-2,27-9-3)28-17(4)22-29(24,25)21-15-11-12-18-19(21)13-10-14-20(18)23(5)6/h10-15,17,22H,7-9,16H2,1-6H3. The molecule has 30 heavy (non-hydrogen) atoms. The van der Waals surface area contributed by atoms with Gasteiger partial charge in [0.2, 0.25) is 10.0 Å². The molecule has 9 heteroatoms. The smallest absolute Gasteiger partial charge is 0.377 e. The van der Waals surface area contributed by atoms with Crippen LogP contribution in [0.15, 0.2) is 41.3 Å². The summed E-state index contributed by atoms with van der Waals surface area (Å²) in [4.78, 5) is 2.18. The number of sulfonamides is 1. The van der Waals surface area contributed by atoms with E-state index in [9.17, 15) is 8.42 Å². The highest BCUT2D eigenvalue weighted by atomic mass is 32.2. The number of hydrogen-bond acceptors (Lipinski definition) is 6. The Morgan fingerprint density at radius 1 is 1.00 bits per heavy atom. The number of hydrogen-bond donors (Lipinski definition) is 1. The van der Waals surface area contributed by atoms with Crippen LogP contribution in [0, 0.1) is 0 Å². The second-order valence-electron chi connectivity index (χ2n) is 7.20. The van der Waals surface area contributed by atoms with Gasteiger partial charge in [0.05, 0.1) is 4.90 Å². The maximum Gasteiger partial charge on any atom is 0.502 e. The Hall–Kier alpha value is -1.49. The highest BCUT2D eigenvalue weighted by molar-refractivity contribution is 7.89. The van der Waals surface area contributed by atoms with Crippen LogP contribution in [0.4, 0.5) is 5.69 Å². The minimum atomic E-state index is -3.83. The molecule has 2 rings (SSSR count). The van der Waals surface area contributed by atoms with Crippen LogP contribution in [0.5, 0.6) is 0 Å². The average Bonchev–Trinajstić information content (AvgIpc) is 2.66. The van der Waals surface area contributed by atoms with E-state index in [1.807, 2.05) is 64.0 Å². The average molecular weight is 455 g/mol. The zero-order valence-electron chi connectivity index (χ0n) is 18.8. The van der Waals surface area contributed by atoms with Gasteiger partial charge in [-0.15, -0.1) is 0 Å². The minimum absolute atomic E-state index is 0.217. The normalized spacial score (nSPS) is 13.5. The summed E-state index contributed by atoms with van der Waals surface area (Å²) in [5.74, 6) is 0. The van der Waals surface area contributed by atoms with E-state index in [0.29, 0.717) is 24.6 Å². The molecule has 7 nitrogen and oxygen atoms in total. The maximum atomic E-state index is 13.2. The predicted octanol–water partition coefficient (Wildman–Crippen LogP) is 3.97. The lowest BCUT2D eigenvalue weighted by atomic mass is 10.1. The molecule has 0 fully saturated rings. The molecule has 2 aromatic rings. The number of benzene rings is 2. The van der Waals surface area contributed by atoms with E-state index in [-0.39, 0.29) is 4.90 Å². The van der Waals surface area contributed by atoms with Crippen molar-refractivity contribution in [3.63, 3.8) is 0 Å². The third kappa shape index (κ3) is 5.80. The minimum Gasteiger partial charge on any atom is -0.377 e. The van der Waals surface area contributed by atoms with E-state index in [2.05, 4.69) is 4.72 Å². The van der Waals surface area contributed by atoms with Crippen LogP contribution < -0.4 is 9.62 Å². The van der Waals surface area contributed by atoms with Crippen LogP contribution in [-0.4, -0.2) is 50.8 Å². The molecule has 0 amide bonds. The van der Waals surface area contributed by atoms with Crippen molar-refractivity contribution in [3.8, 4) is 0 Å². The lowest BCUT2D eigenvalue weighted by molar-refractivity contribution is 0.0348. The van der Waals surface area contributed by atoms with Crippen LogP contribution in [0.1, 0.15) is 34.1 Å². The second-order valence-corrected chi connectivity index (χ2v) is 11.6. The molecule has 0 bridgehead atoms. The van der Waals surface area contributed by atoms with Gasteiger partial charge in [0, 0.05) is 49.8 Å². The summed E-state index contributed by atoms with van der Waals surface area (Å²) >= 11 is 0. The van der Waals surface area contributed by atoms with Crippen LogP contribution in [0.2, 0.25) is 6.04 Å². The fourth-order valence-electron chi connectivity index (χ4n) is 3.52. The van der Waals surface area contributed by atoms with Crippen molar-refractivity contribution in [1.82, 2.24) is 4.72 Å². The van der Waals surface area contributed by atoms with E-state index < -0.39 is 25.1 Å². The van der Waals surface area contributed by atoms with Gasteiger partial charge in [-0.1, -0.05) is 37.6 Å². The zero-order valence-corrected chi connectivity index (χ0v) is 20.6. The molecular weight excluding hydrogens is 420 g/mol. The van der Waals surface area contributed by atoms with Crippen molar-refractivity contribution in [2.75, 3.05) is 32.2 Å². The summed E-state index contributed by atoms with van der Waals surface area (Å²) in [7, 11) is -2.93. The molecule has 168 valence electrons. The Morgan fingerprint density at radius 2 is 1.60 bits per heavy atom. The van der Waals surface area contributed by atoms with Gasteiger partial charge in [0.25, 0.3) is 0 Å². The van der Waals surface area contributed by atoms with Crippen LogP contribution >= 0.6 is 0 Å². The SMILES string of the molecule is CCC[Si](OCC)(OCC)OC(C)NS(=O)(=O)c1cccc2c(N(C)C)cccc12. The Bertz CT molecular complexity index is 919. The van der Waals surface area contributed by atoms with Gasteiger partial charge in [0.1, 0.15) is 6.23 Å². The van der Waals surface area contributed by atoms with Crippen molar-refractivity contribution >= 4 is 35.3 Å². The molecular formula is C21H34N2O5SSi. The van der Waals surface area contributed by atoms with E-state index in [4.69, 9.17) is 13.3 Å². The van der Waals surface area contributed by atoms with Crippen LogP contribution in [0.25, 0.3) is 10.8 Å². The van der Waals surface area contributed by atoms with E-state index in [0.717, 1.165) is 17.5 Å². The monoisotopic (exact) mass is 454 g/mol. The molecule has 0 radical (unpaired) electrons. The third-order valence-corrected chi connectivity index (χ3v) is 9.45. The predicted molar refractivity (Wildman–Crippen MR) is 123 cm³/mol. The molecule has 0 spiro atoms. The fraction of sp³-hybridized carbons (Fsp3) is 0.524. The third-order valence-electron chi connectivity index (χ3n) is 4.59. The first kappa shape index (κ1) is 24.8. The van der Waals surface area contributed by atoms with Gasteiger partial charge < -0.3 is 18.2 Å². The number of rotatable bonds is 12. The van der Waals surface area contributed by atoms with E-state index in [1.165, 1.54) is 0 Å². The van der Waals surface area contributed by atoms with Gasteiger partial charge >= 0.3 is 8.80 Å². The molecule has 0 aromatic heterocycles. The molecule has 0 aliphatic heterocycles. The Labute approximate surface area is 181 Å². The molecule has 1 N–H and O–H groups in total. The van der Waals surface area contributed by atoms with Gasteiger partial charge in [0.15, 0.2) is 0 Å². The van der Waals surface area contributed by atoms with Crippen molar-refractivity contribution < 1.29 is 21.7 Å². The summed E-state index contributed by atoms with van der Waals surface area (Å²) in [5.41, 5.74) is 0.955. The molecule has 0 heterocycles. The van der Waals surface area contributed by atoms with Gasteiger partial charge in [-0.3, -0.25) is 0 Å². The van der Waals surface area contributed by atoms with Crippen molar-refractivity contribution in [2.24, 2.45) is 0 Å². The first-order chi connectivity index (χ1) is 14.2. The molecule has 0 aliphatic rings. The zero-order chi connectivity index (χ0) is 22.4. The lowest BCUT2D eigenvalue weighted by Crippen LogP contribution is -2.51. The van der Waals surface area contributed by atoms with Gasteiger partial charge in [-0.05, 0) is 32.9 Å². The topological polar surface area (TPSA) is 77.1 Å². The summed E-state index contributed by atoms with van der Waals surface area (Å²) in [6.45, 7) is 8.35. The maximum absolute atomic E-state index is 13.2. The first-order valence-electron chi connectivity index (χ1n) is 10.4. The molecule has 1 atom stereocenters. The fourth-order valence-corrected chi connectivity index (χ4v) is 7.66. The highest BCUT2D eigenvalue weighted by Crippen LogP contribution is 2.30. The van der Waals surface area contributed by atoms with Gasteiger partial charge in [-0.25, -0.2) is 8.42 Å². The number of fused-ring (bicyclic) bond motifs is 1.